The highest BCUT2D eigenvalue weighted by atomic mass is 16.3. The van der Waals surface area contributed by atoms with Crippen LogP contribution in [0.25, 0.3) is 0 Å². The van der Waals surface area contributed by atoms with E-state index in [2.05, 4.69) is 0 Å². The lowest BCUT2D eigenvalue weighted by molar-refractivity contribution is 0.215. The van der Waals surface area contributed by atoms with E-state index in [0.717, 1.165) is 16.7 Å². The predicted molar refractivity (Wildman–Crippen MR) is 68.1 cm³/mol. The molecule has 1 unspecified atom stereocenters. The van der Waals surface area contributed by atoms with Crippen LogP contribution in [-0.4, -0.2) is 10.2 Å². The van der Waals surface area contributed by atoms with E-state index in [9.17, 15) is 10.2 Å². The molecule has 0 amide bonds. The molecule has 2 rings (SSSR count). The van der Waals surface area contributed by atoms with Gasteiger partial charge in [-0.15, -0.1) is 0 Å². The summed E-state index contributed by atoms with van der Waals surface area (Å²) in [6.45, 7) is 3.94. The normalized spacial score (nSPS) is 12.4. The van der Waals surface area contributed by atoms with Gasteiger partial charge < -0.3 is 10.2 Å². The molecule has 0 radical (unpaired) electrons. The van der Waals surface area contributed by atoms with E-state index in [4.69, 9.17) is 0 Å². The zero-order valence-corrected chi connectivity index (χ0v) is 10.0. The third-order valence-corrected chi connectivity index (χ3v) is 2.87. The van der Waals surface area contributed by atoms with Gasteiger partial charge in [0.1, 0.15) is 11.9 Å². The molecule has 0 fully saturated rings. The summed E-state index contributed by atoms with van der Waals surface area (Å²) in [4.78, 5) is 0. The van der Waals surface area contributed by atoms with Crippen LogP contribution < -0.4 is 0 Å². The van der Waals surface area contributed by atoms with Gasteiger partial charge in [0.15, 0.2) is 0 Å². The Morgan fingerprint density at radius 1 is 0.882 bits per heavy atom. The molecule has 17 heavy (non-hydrogen) atoms. The fourth-order valence-corrected chi connectivity index (χ4v) is 1.82. The Balaban J connectivity index is 2.39. The molecule has 2 nitrogen and oxygen atoms in total. The fourth-order valence-electron chi connectivity index (χ4n) is 1.82. The van der Waals surface area contributed by atoms with Crippen LogP contribution in [0.2, 0.25) is 0 Å². The third kappa shape index (κ3) is 2.48. The van der Waals surface area contributed by atoms with Gasteiger partial charge in [-0.2, -0.15) is 0 Å². The number of rotatable bonds is 2. The number of hydrogen-bond donors (Lipinski definition) is 2. The Morgan fingerprint density at radius 2 is 1.47 bits per heavy atom. The summed E-state index contributed by atoms with van der Waals surface area (Å²) >= 11 is 0. The van der Waals surface area contributed by atoms with Crippen LogP contribution in [0, 0.1) is 13.8 Å². The van der Waals surface area contributed by atoms with Crippen molar-refractivity contribution in [3.05, 3.63) is 64.7 Å². The van der Waals surface area contributed by atoms with Crippen molar-refractivity contribution in [1.82, 2.24) is 0 Å². The molecule has 2 N–H and O–H groups in total. The first-order chi connectivity index (χ1) is 8.08. The van der Waals surface area contributed by atoms with Crippen molar-refractivity contribution in [2.75, 3.05) is 0 Å². The highest BCUT2D eigenvalue weighted by molar-refractivity contribution is 5.42. The molecule has 0 saturated carbocycles. The summed E-state index contributed by atoms with van der Waals surface area (Å²) < 4.78 is 0. The van der Waals surface area contributed by atoms with E-state index in [1.54, 1.807) is 12.1 Å². The van der Waals surface area contributed by atoms with E-state index < -0.39 is 6.10 Å². The number of aliphatic hydroxyl groups is 1. The van der Waals surface area contributed by atoms with Gasteiger partial charge in [0.25, 0.3) is 0 Å². The Bertz CT molecular complexity index is 515. The van der Waals surface area contributed by atoms with Crippen LogP contribution in [0.1, 0.15) is 28.4 Å². The second kappa shape index (κ2) is 4.60. The largest absolute Gasteiger partial charge is 0.508 e. The minimum absolute atomic E-state index is 0.128. The zero-order chi connectivity index (χ0) is 12.4. The van der Waals surface area contributed by atoms with Crippen molar-refractivity contribution in [3.8, 4) is 5.75 Å². The highest BCUT2D eigenvalue weighted by Gasteiger charge is 2.14. The lowest BCUT2D eigenvalue weighted by atomic mass is 9.98. The molecule has 0 aliphatic rings. The average Bonchev–Trinajstić information content (AvgIpc) is 2.32. The maximum absolute atomic E-state index is 10.2. The summed E-state index contributed by atoms with van der Waals surface area (Å²) in [5, 5.41) is 20.0. The second-order valence-corrected chi connectivity index (χ2v) is 4.38. The zero-order valence-electron chi connectivity index (χ0n) is 10.0. The predicted octanol–water partition coefficient (Wildman–Crippen LogP) is 3.09. The number of benzene rings is 2. The number of aromatic hydroxyl groups is 1. The molecule has 0 aliphatic carbocycles. The first-order valence-electron chi connectivity index (χ1n) is 5.62. The molecule has 0 bridgehead atoms. The summed E-state index contributed by atoms with van der Waals surface area (Å²) in [6.07, 6.45) is -0.782. The van der Waals surface area contributed by atoms with Crippen LogP contribution in [0.5, 0.6) is 5.75 Å². The standard InChI is InChI=1S/C15H16O2/c1-10-3-6-12(7-4-10)15(17)13-9-11(2)5-8-14(13)16/h3-9,15-17H,1-2H3. The van der Waals surface area contributed by atoms with Gasteiger partial charge in [0.2, 0.25) is 0 Å². The number of phenols is 1. The molecule has 88 valence electrons. The minimum Gasteiger partial charge on any atom is -0.508 e. The van der Waals surface area contributed by atoms with Gasteiger partial charge in [0.05, 0.1) is 0 Å². The van der Waals surface area contributed by atoms with Crippen molar-refractivity contribution in [2.24, 2.45) is 0 Å². The van der Waals surface area contributed by atoms with Crippen LogP contribution in [0.4, 0.5) is 0 Å². The third-order valence-electron chi connectivity index (χ3n) is 2.87. The maximum atomic E-state index is 10.2. The van der Waals surface area contributed by atoms with Crippen molar-refractivity contribution in [3.63, 3.8) is 0 Å². The van der Waals surface area contributed by atoms with Gasteiger partial charge in [-0.1, -0.05) is 41.5 Å². The quantitative estimate of drug-likeness (QED) is 0.829. The van der Waals surface area contributed by atoms with Crippen LogP contribution in [0.3, 0.4) is 0 Å². The second-order valence-electron chi connectivity index (χ2n) is 4.38. The van der Waals surface area contributed by atoms with E-state index in [1.165, 1.54) is 0 Å². The van der Waals surface area contributed by atoms with Gasteiger partial charge in [0, 0.05) is 5.56 Å². The van der Waals surface area contributed by atoms with Crippen LogP contribution in [-0.2, 0) is 0 Å². The topological polar surface area (TPSA) is 40.5 Å². The number of aryl methyl sites for hydroxylation is 2. The van der Waals surface area contributed by atoms with Crippen LogP contribution >= 0.6 is 0 Å². The highest BCUT2D eigenvalue weighted by Crippen LogP contribution is 2.29. The summed E-state index contributed by atoms with van der Waals surface area (Å²) in [5.74, 6) is 0.128. The van der Waals surface area contributed by atoms with Crippen molar-refractivity contribution in [2.45, 2.75) is 20.0 Å². The van der Waals surface area contributed by atoms with E-state index in [0.29, 0.717) is 5.56 Å². The molecule has 0 heterocycles. The van der Waals surface area contributed by atoms with Crippen molar-refractivity contribution in [1.29, 1.82) is 0 Å². The van der Waals surface area contributed by atoms with Gasteiger partial charge in [-0.05, 0) is 31.5 Å². The molecule has 1 atom stereocenters. The number of aliphatic hydroxyl groups excluding tert-OH is 1. The van der Waals surface area contributed by atoms with Crippen LogP contribution in [0.15, 0.2) is 42.5 Å². The molecule has 0 aliphatic heterocycles. The van der Waals surface area contributed by atoms with Crippen molar-refractivity contribution >= 4 is 0 Å². The minimum atomic E-state index is -0.782. The maximum Gasteiger partial charge on any atom is 0.121 e. The molecule has 0 saturated heterocycles. The van der Waals surface area contributed by atoms with Gasteiger partial charge in [-0.25, -0.2) is 0 Å². The first kappa shape index (κ1) is 11.7. The molecular weight excluding hydrogens is 212 g/mol. The summed E-state index contributed by atoms with van der Waals surface area (Å²) in [6, 6.07) is 12.9. The monoisotopic (exact) mass is 228 g/mol. The average molecular weight is 228 g/mol. The lowest BCUT2D eigenvalue weighted by Crippen LogP contribution is -2.00. The van der Waals surface area contributed by atoms with Gasteiger partial charge in [-0.3, -0.25) is 0 Å². The molecule has 0 spiro atoms. The Kier molecular flexibility index (Phi) is 3.16. The van der Waals surface area contributed by atoms with Crippen molar-refractivity contribution < 1.29 is 10.2 Å². The summed E-state index contributed by atoms with van der Waals surface area (Å²) in [5.41, 5.74) is 3.50. The fraction of sp³-hybridized carbons (Fsp3) is 0.200. The van der Waals surface area contributed by atoms with E-state index in [-0.39, 0.29) is 5.75 Å². The SMILES string of the molecule is Cc1ccc(C(O)c2cc(C)ccc2O)cc1. The molecule has 2 aromatic carbocycles. The Labute approximate surface area is 101 Å². The number of hydrogen-bond acceptors (Lipinski definition) is 2. The lowest BCUT2D eigenvalue weighted by Gasteiger charge is -2.14. The Hall–Kier alpha value is -1.80. The molecule has 0 aromatic heterocycles. The first-order valence-corrected chi connectivity index (χ1v) is 5.62. The van der Waals surface area contributed by atoms with Gasteiger partial charge >= 0.3 is 0 Å². The molecular formula is C15H16O2. The number of phenolic OH excluding ortho intramolecular Hbond substituents is 1. The molecule has 2 aromatic rings. The molecule has 2 heteroatoms. The van der Waals surface area contributed by atoms with E-state index in [1.807, 2.05) is 44.2 Å². The smallest absolute Gasteiger partial charge is 0.121 e. The Morgan fingerprint density at radius 3 is 2.12 bits per heavy atom. The summed E-state index contributed by atoms with van der Waals surface area (Å²) in [7, 11) is 0. The van der Waals surface area contributed by atoms with E-state index >= 15 is 0 Å².